The van der Waals surface area contributed by atoms with E-state index in [1.807, 2.05) is 0 Å². The van der Waals surface area contributed by atoms with Crippen LogP contribution in [0.25, 0.3) is 0 Å². The number of ether oxygens (including phenoxy) is 1. The highest BCUT2D eigenvalue weighted by atomic mass is 16.5. The predicted molar refractivity (Wildman–Crippen MR) is 40.3 cm³/mol. The van der Waals surface area contributed by atoms with Gasteiger partial charge in [0.15, 0.2) is 0 Å². The van der Waals surface area contributed by atoms with E-state index in [1.165, 1.54) is 12.8 Å². The molecule has 0 spiro atoms. The molecule has 0 saturated carbocycles. The van der Waals surface area contributed by atoms with Crippen molar-refractivity contribution >= 4 is 0 Å². The molecule has 0 saturated heterocycles. The lowest BCUT2D eigenvalue weighted by Gasteiger charge is -2.10. The topological polar surface area (TPSA) is 9.23 Å². The molecule has 0 bridgehead atoms. The first-order valence-electron chi connectivity index (χ1n) is 3.67. The Kier molecular flexibility index (Phi) is 6.06. The van der Waals surface area contributed by atoms with Crippen LogP contribution in [-0.4, -0.2) is 13.2 Å². The average molecular weight is 129 g/mol. The van der Waals surface area contributed by atoms with Crippen molar-refractivity contribution in [3.05, 3.63) is 6.92 Å². The lowest BCUT2D eigenvalue weighted by atomic mass is 10.1. The summed E-state index contributed by atoms with van der Waals surface area (Å²) in [6.07, 6.45) is 4.96. The summed E-state index contributed by atoms with van der Waals surface area (Å²) in [5.41, 5.74) is 0. The van der Waals surface area contributed by atoms with Crippen LogP contribution in [-0.2, 0) is 4.74 Å². The first-order chi connectivity index (χ1) is 4.35. The van der Waals surface area contributed by atoms with Crippen molar-refractivity contribution in [3.63, 3.8) is 0 Å². The van der Waals surface area contributed by atoms with E-state index >= 15 is 0 Å². The van der Waals surface area contributed by atoms with Crippen LogP contribution in [0.2, 0.25) is 0 Å². The summed E-state index contributed by atoms with van der Waals surface area (Å²) < 4.78 is 5.14. The second-order valence-corrected chi connectivity index (χ2v) is 2.29. The average Bonchev–Trinajstić information content (AvgIpc) is 1.91. The normalized spacial score (nSPS) is 13.7. The first kappa shape index (κ1) is 8.96. The summed E-state index contributed by atoms with van der Waals surface area (Å²) >= 11 is 0. The Balaban J connectivity index is 3.09. The molecule has 0 aliphatic carbocycles. The van der Waals surface area contributed by atoms with Crippen LogP contribution >= 0.6 is 0 Å². The lowest BCUT2D eigenvalue weighted by molar-refractivity contribution is 0.0952. The van der Waals surface area contributed by atoms with Gasteiger partial charge in [-0.25, -0.2) is 0 Å². The largest absolute Gasteiger partial charge is 0.381 e. The second kappa shape index (κ2) is 6.09. The maximum Gasteiger partial charge on any atom is 0.0571 e. The van der Waals surface area contributed by atoms with Crippen molar-refractivity contribution in [2.45, 2.75) is 38.7 Å². The van der Waals surface area contributed by atoms with Crippen molar-refractivity contribution in [2.75, 3.05) is 7.11 Å². The number of methoxy groups -OCH3 is 1. The minimum absolute atomic E-state index is 0.393. The summed E-state index contributed by atoms with van der Waals surface area (Å²) in [4.78, 5) is 0. The summed E-state index contributed by atoms with van der Waals surface area (Å²) in [6.45, 7) is 5.98. The van der Waals surface area contributed by atoms with Gasteiger partial charge in [-0.15, -0.1) is 0 Å². The monoisotopic (exact) mass is 129 g/mol. The van der Waals surface area contributed by atoms with Crippen molar-refractivity contribution in [1.29, 1.82) is 0 Å². The van der Waals surface area contributed by atoms with Gasteiger partial charge in [-0.05, 0) is 12.8 Å². The first-order valence-corrected chi connectivity index (χ1v) is 3.67. The molecule has 55 valence electrons. The van der Waals surface area contributed by atoms with Crippen LogP contribution in [0.5, 0.6) is 0 Å². The Morgan fingerprint density at radius 1 is 1.56 bits per heavy atom. The van der Waals surface area contributed by atoms with E-state index in [4.69, 9.17) is 4.74 Å². The van der Waals surface area contributed by atoms with Crippen molar-refractivity contribution in [1.82, 2.24) is 0 Å². The van der Waals surface area contributed by atoms with Crippen molar-refractivity contribution in [2.24, 2.45) is 0 Å². The zero-order valence-corrected chi connectivity index (χ0v) is 6.52. The summed E-state index contributed by atoms with van der Waals surface area (Å²) in [5, 5.41) is 0. The van der Waals surface area contributed by atoms with E-state index in [-0.39, 0.29) is 0 Å². The van der Waals surface area contributed by atoms with E-state index in [0.29, 0.717) is 6.10 Å². The molecule has 1 nitrogen and oxygen atoms in total. The molecule has 0 aliphatic heterocycles. The maximum atomic E-state index is 5.14. The van der Waals surface area contributed by atoms with Gasteiger partial charge >= 0.3 is 0 Å². The molecule has 0 heterocycles. The zero-order valence-electron chi connectivity index (χ0n) is 6.52. The minimum atomic E-state index is 0.393. The fourth-order valence-electron chi connectivity index (χ4n) is 0.812. The number of hydrogen-bond acceptors (Lipinski definition) is 1. The Bertz CT molecular complexity index is 48.5. The maximum absolute atomic E-state index is 5.14. The molecule has 0 N–H and O–H groups in total. The third kappa shape index (κ3) is 4.46. The van der Waals surface area contributed by atoms with Crippen molar-refractivity contribution < 1.29 is 4.74 Å². The van der Waals surface area contributed by atoms with Crippen LogP contribution in [0.3, 0.4) is 0 Å². The third-order valence-corrected chi connectivity index (χ3v) is 1.53. The Morgan fingerprint density at radius 3 is 2.56 bits per heavy atom. The number of hydrogen-bond donors (Lipinski definition) is 0. The van der Waals surface area contributed by atoms with Gasteiger partial charge in [-0.1, -0.05) is 26.7 Å². The molecular formula is C8H17O. The van der Waals surface area contributed by atoms with Gasteiger partial charge in [0.2, 0.25) is 0 Å². The molecule has 1 radical (unpaired) electrons. The standard InChI is InChI=1S/C8H17O/c1-4-6-7-8(5-2)9-3/h8H,2,4-7H2,1,3H3. The molecule has 0 fully saturated rings. The molecule has 0 aliphatic rings. The van der Waals surface area contributed by atoms with Crippen LogP contribution in [0.15, 0.2) is 0 Å². The molecule has 1 atom stereocenters. The van der Waals surface area contributed by atoms with E-state index in [0.717, 1.165) is 12.8 Å². The van der Waals surface area contributed by atoms with E-state index < -0.39 is 0 Å². The SMILES string of the molecule is [CH2]CC(CCCC)OC. The second-order valence-electron chi connectivity index (χ2n) is 2.29. The van der Waals surface area contributed by atoms with Crippen LogP contribution in [0.1, 0.15) is 32.6 Å². The summed E-state index contributed by atoms with van der Waals surface area (Å²) in [6, 6.07) is 0. The van der Waals surface area contributed by atoms with E-state index in [2.05, 4.69) is 13.8 Å². The van der Waals surface area contributed by atoms with Gasteiger partial charge in [-0.3, -0.25) is 0 Å². The predicted octanol–water partition coefficient (Wildman–Crippen LogP) is 2.42. The zero-order chi connectivity index (χ0) is 7.11. The molecule has 0 rings (SSSR count). The highest BCUT2D eigenvalue weighted by Crippen LogP contribution is 2.05. The minimum Gasteiger partial charge on any atom is -0.381 e. The molecule has 0 amide bonds. The molecular weight excluding hydrogens is 112 g/mol. The summed E-state index contributed by atoms with van der Waals surface area (Å²) in [5.74, 6) is 0. The molecule has 1 unspecified atom stereocenters. The van der Waals surface area contributed by atoms with E-state index in [1.54, 1.807) is 7.11 Å². The molecule has 0 aromatic heterocycles. The number of rotatable bonds is 5. The van der Waals surface area contributed by atoms with Gasteiger partial charge in [0.05, 0.1) is 6.10 Å². The molecule has 0 aromatic rings. The van der Waals surface area contributed by atoms with Gasteiger partial charge in [-0.2, -0.15) is 0 Å². The summed E-state index contributed by atoms with van der Waals surface area (Å²) in [7, 11) is 1.76. The Morgan fingerprint density at radius 2 is 2.22 bits per heavy atom. The van der Waals surface area contributed by atoms with Gasteiger partial charge in [0.1, 0.15) is 0 Å². The van der Waals surface area contributed by atoms with Gasteiger partial charge in [0.25, 0.3) is 0 Å². The van der Waals surface area contributed by atoms with Crippen LogP contribution in [0.4, 0.5) is 0 Å². The molecule has 9 heavy (non-hydrogen) atoms. The van der Waals surface area contributed by atoms with Gasteiger partial charge < -0.3 is 4.74 Å². The highest BCUT2D eigenvalue weighted by molar-refractivity contribution is 4.57. The van der Waals surface area contributed by atoms with Gasteiger partial charge in [0, 0.05) is 7.11 Å². The Labute approximate surface area is 58.4 Å². The van der Waals surface area contributed by atoms with Crippen LogP contribution in [0, 0.1) is 6.92 Å². The Hall–Kier alpha value is -0.0400. The third-order valence-electron chi connectivity index (χ3n) is 1.53. The quantitative estimate of drug-likeness (QED) is 0.554. The highest BCUT2D eigenvalue weighted by Gasteiger charge is 2.00. The molecule has 1 heteroatoms. The lowest BCUT2D eigenvalue weighted by Crippen LogP contribution is -2.07. The number of unbranched alkanes of at least 4 members (excludes halogenated alkanes) is 1. The molecule has 0 aromatic carbocycles. The van der Waals surface area contributed by atoms with Crippen LogP contribution < -0.4 is 0 Å². The van der Waals surface area contributed by atoms with Crippen molar-refractivity contribution in [3.8, 4) is 0 Å². The van der Waals surface area contributed by atoms with E-state index in [9.17, 15) is 0 Å². The smallest absolute Gasteiger partial charge is 0.0571 e. The fraction of sp³-hybridized carbons (Fsp3) is 0.875. The fourth-order valence-corrected chi connectivity index (χ4v) is 0.812.